The van der Waals surface area contributed by atoms with Crippen molar-refractivity contribution in [2.45, 2.75) is 19.8 Å². The van der Waals surface area contributed by atoms with E-state index in [1.807, 2.05) is 11.8 Å². The maximum Gasteiger partial charge on any atom is 0.255 e. The summed E-state index contributed by atoms with van der Waals surface area (Å²) in [6.45, 7) is 3.49. The summed E-state index contributed by atoms with van der Waals surface area (Å²) in [5.41, 5.74) is 1.21. The molecule has 100 valence electrons. The van der Waals surface area contributed by atoms with Gasteiger partial charge in [-0.15, -0.1) is 0 Å². The maximum absolute atomic E-state index is 12.5. The van der Waals surface area contributed by atoms with Crippen molar-refractivity contribution in [2.24, 2.45) is 11.8 Å². The van der Waals surface area contributed by atoms with Gasteiger partial charge in [0.05, 0.1) is 5.56 Å². The number of likely N-dealkylation sites (tertiary alicyclic amines) is 1. The molecule has 1 amide bonds. The van der Waals surface area contributed by atoms with Gasteiger partial charge >= 0.3 is 0 Å². The van der Waals surface area contributed by atoms with Gasteiger partial charge in [-0.3, -0.25) is 9.59 Å². The molecule has 1 N–H and O–H groups in total. The molecule has 4 heteroatoms. The van der Waals surface area contributed by atoms with Gasteiger partial charge in [0, 0.05) is 25.4 Å². The highest BCUT2D eigenvalue weighted by Crippen LogP contribution is 2.33. The van der Waals surface area contributed by atoms with Crippen LogP contribution >= 0.6 is 0 Å². The molecule has 2 atom stereocenters. The van der Waals surface area contributed by atoms with Crippen LogP contribution in [0.1, 0.15) is 28.8 Å². The van der Waals surface area contributed by atoms with Crippen molar-refractivity contribution in [3.63, 3.8) is 0 Å². The number of carbonyl (C=O) groups is 1. The van der Waals surface area contributed by atoms with Gasteiger partial charge in [0.2, 0.25) is 5.56 Å². The highest BCUT2D eigenvalue weighted by atomic mass is 16.2. The number of carbonyl (C=O) groups excluding carboxylic acids is 1. The fourth-order valence-corrected chi connectivity index (χ4v) is 3.15. The third-order valence-corrected chi connectivity index (χ3v) is 4.27. The highest BCUT2D eigenvalue weighted by molar-refractivity contribution is 5.95. The van der Waals surface area contributed by atoms with E-state index in [9.17, 15) is 9.59 Å². The van der Waals surface area contributed by atoms with Crippen molar-refractivity contribution < 1.29 is 4.79 Å². The lowest BCUT2D eigenvalue weighted by Crippen LogP contribution is -2.30. The lowest BCUT2D eigenvalue weighted by molar-refractivity contribution is 0.0783. The first-order chi connectivity index (χ1) is 9.15. The third kappa shape index (κ3) is 2.23. The van der Waals surface area contributed by atoms with Gasteiger partial charge in [-0.2, -0.15) is 0 Å². The number of nitrogens with one attached hydrogen (secondary N) is 1. The molecule has 2 heterocycles. The molecule has 0 bridgehead atoms. The average molecular weight is 258 g/mol. The number of pyridine rings is 1. The number of aromatic amines is 1. The van der Waals surface area contributed by atoms with Crippen molar-refractivity contribution in [1.82, 2.24) is 9.88 Å². The molecule has 1 saturated heterocycles. The zero-order valence-corrected chi connectivity index (χ0v) is 11.1. The Balaban J connectivity index is 1.80. The van der Waals surface area contributed by atoms with Gasteiger partial charge in [-0.25, -0.2) is 0 Å². The van der Waals surface area contributed by atoms with E-state index in [1.54, 1.807) is 6.20 Å². The van der Waals surface area contributed by atoms with Gasteiger partial charge in [0.25, 0.3) is 5.91 Å². The second kappa shape index (κ2) is 4.68. The fraction of sp³-hybridized carbons (Fsp3) is 0.467. The molecule has 2 aliphatic rings. The van der Waals surface area contributed by atoms with E-state index in [2.05, 4.69) is 17.1 Å². The maximum atomic E-state index is 12.5. The average Bonchev–Trinajstić information content (AvgIpc) is 2.81. The van der Waals surface area contributed by atoms with Crippen LogP contribution in [0.4, 0.5) is 0 Å². The molecule has 1 aliphatic carbocycles. The molecule has 0 saturated carbocycles. The largest absolute Gasteiger partial charge is 0.338 e. The Kier molecular flexibility index (Phi) is 3.01. The molecular weight excluding hydrogens is 240 g/mol. The summed E-state index contributed by atoms with van der Waals surface area (Å²) in [5, 5.41) is 0. The highest BCUT2D eigenvalue weighted by Gasteiger charge is 2.35. The Morgan fingerprint density at radius 1 is 1.26 bits per heavy atom. The summed E-state index contributed by atoms with van der Waals surface area (Å²) in [6.07, 6.45) is 8.15. The summed E-state index contributed by atoms with van der Waals surface area (Å²) in [7, 11) is 0. The van der Waals surface area contributed by atoms with Crippen LogP contribution in [-0.2, 0) is 0 Å². The number of aryl methyl sites for hydroxylation is 1. The number of allylic oxidation sites excluding steroid dienone is 2. The van der Waals surface area contributed by atoms with E-state index in [-0.39, 0.29) is 11.5 Å². The molecule has 0 spiro atoms. The summed E-state index contributed by atoms with van der Waals surface area (Å²) in [6, 6.07) is 1.48. The molecule has 3 rings (SSSR count). The summed E-state index contributed by atoms with van der Waals surface area (Å²) in [4.78, 5) is 28.2. The van der Waals surface area contributed by atoms with Crippen molar-refractivity contribution in [1.29, 1.82) is 0 Å². The van der Waals surface area contributed by atoms with Crippen molar-refractivity contribution in [3.05, 3.63) is 45.9 Å². The molecule has 19 heavy (non-hydrogen) atoms. The predicted octanol–water partition coefficient (Wildman–Crippen LogP) is 1.72. The third-order valence-electron chi connectivity index (χ3n) is 4.27. The van der Waals surface area contributed by atoms with Crippen LogP contribution in [0.25, 0.3) is 0 Å². The minimum Gasteiger partial charge on any atom is -0.338 e. The molecule has 1 aliphatic heterocycles. The number of hydrogen-bond donors (Lipinski definition) is 1. The van der Waals surface area contributed by atoms with Gasteiger partial charge < -0.3 is 9.88 Å². The topological polar surface area (TPSA) is 53.2 Å². The fourth-order valence-electron chi connectivity index (χ4n) is 3.15. The monoisotopic (exact) mass is 258 g/mol. The van der Waals surface area contributed by atoms with E-state index in [0.717, 1.165) is 31.5 Å². The lowest BCUT2D eigenvalue weighted by atomic mass is 9.86. The normalized spacial score (nSPS) is 25.4. The van der Waals surface area contributed by atoms with Gasteiger partial charge in [-0.1, -0.05) is 12.2 Å². The van der Waals surface area contributed by atoms with E-state index in [4.69, 9.17) is 0 Å². The molecule has 0 radical (unpaired) electrons. The molecule has 1 aromatic heterocycles. The van der Waals surface area contributed by atoms with E-state index < -0.39 is 0 Å². The molecule has 1 fully saturated rings. The van der Waals surface area contributed by atoms with Crippen LogP contribution in [0, 0.1) is 18.8 Å². The van der Waals surface area contributed by atoms with Crippen molar-refractivity contribution in [3.8, 4) is 0 Å². The SMILES string of the molecule is Cc1cc(=O)[nH]cc1C(=O)N1CC2CC=CCC2C1. The Bertz CT molecular complexity index is 572. The molecule has 2 unspecified atom stereocenters. The standard InChI is InChI=1S/C15H18N2O2/c1-10-6-14(18)16-7-13(10)15(19)17-8-11-4-2-3-5-12(11)9-17/h2-3,6-7,11-12H,4-5,8-9H2,1H3,(H,16,18). The van der Waals surface area contributed by atoms with Crippen LogP contribution in [0.3, 0.4) is 0 Å². The lowest BCUT2D eigenvalue weighted by Gasteiger charge is -2.17. The first kappa shape index (κ1) is 12.2. The Hall–Kier alpha value is -1.84. The number of hydrogen-bond acceptors (Lipinski definition) is 2. The minimum absolute atomic E-state index is 0.0446. The predicted molar refractivity (Wildman–Crippen MR) is 73.1 cm³/mol. The molecule has 4 nitrogen and oxygen atoms in total. The van der Waals surface area contributed by atoms with Gasteiger partial charge in [0.15, 0.2) is 0 Å². The van der Waals surface area contributed by atoms with Crippen LogP contribution in [0.5, 0.6) is 0 Å². The number of nitrogens with zero attached hydrogens (tertiary/aromatic N) is 1. The van der Waals surface area contributed by atoms with Gasteiger partial charge in [0.1, 0.15) is 0 Å². The van der Waals surface area contributed by atoms with Crippen LogP contribution < -0.4 is 5.56 Å². The number of amides is 1. The van der Waals surface area contributed by atoms with Crippen LogP contribution in [0.2, 0.25) is 0 Å². The Labute approximate surface area is 112 Å². The summed E-state index contributed by atoms with van der Waals surface area (Å²) in [5.74, 6) is 1.26. The van der Waals surface area contributed by atoms with Gasteiger partial charge in [-0.05, 0) is 37.2 Å². The van der Waals surface area contributed by atoms with Crippen molar-refractivity contribution in [2.75, 3.05) is 13.1 Å². The summed E-state index contributed by atoms with van der Waals surface area (Å²) < 4.78 is 0. The molecule has 0 aromatic carbocycles. The second-order valence-electron chi connectivity index (χ2n) is 5.57. The summed E-state index contributed by atoms with van der Waals surface area (Å²) >= 11 is 0. The molecule has 1 aromatic rings. The first-order valence-corrected chi connectivity index (χ1v) is 6.79. The number of H-pyrrole nitrogens is 1. The minimum atomic E-state index is -0.159. The molecular formula is C15H18N2O2. The number of fused-ring (bicyclic) bond motifs is 1. The van der Waals surface area contributed by atoms with Crippen LogP contribution in [0.15, 0.2) is 29.2 Å². The zero-order valence-electron chi connectivity index (χ0n) is 11.1. The van der Waals surface area contributed by atoms with Crippen molar-refractivity contribution >= 4 is 5.91 Å². The first-order valence-electron chi connectivity index (χ1n) is 6.79. The van der Waals surface area contributed by atoms with E-state index in [0.29, 0.717) is 17.4 Å². The van der Waals surface area contributed by atoms with Crippen LogP contribution in [-0.4, -0.2) is 28.9 Å². The quantitative estimate of drug-likeness (QED) is 0.780. The smallest absolute Gasteiger partial charge is 0.255 e. The zero-order chi connectivity index (χ0) is 13.4. The Morgan fingerprint density at radius 3 is 2.47 bits per heavy atom. The van der Waals surface area contributed by atoms with E-state index in [1.165, 1.54) is 6.07 Å². The second-order valence-corrected chi connectivity index (χ2v) is 5.57. The Morgan fingerprint density at radius 2 is 1.89 bits per heavy atom. The number of rotatable bonds is 1. The number of aromatic nitrogens is 1. The van der Waals surface area contributed by atoms with E-state index >= 15 is 0 Å².